The molecule has 1 aliphatic rings. The molecule has 6 heteroatoms. The van der Waals surface area contributed by atoms with Crippen LogP contribution >= 0.6 is 0 Å². The van der Waals surface area contributed by atoms with Crippen LogP contribution < -0.4 is 9.47 Å². The Bertz CT molecular complexity index is 1340. The SMILES string of the molecule is O=C(OCc1ccccc1)N1CCC(O)(c2ccc(OCc3ccccc3)cc2OCc2ccccc2)CC1. The lowest BCUT2D eigenvalue weighted by Gasteiger charge is -2.38. The van der Waals surface area contributed by atoms with Crippen LogP contribution in [0.5, 0.6) is 11.5 Å². The topological polar surface area (TPSA) is 68.2 Å². The van der Waals surface area contributed by atoms with Crippen molar-refractivity contribution in [3.63, 3.8) is 0 Å². The van der Waals surface area contributed by atoms with E-state index in [1.54, 1.807) is 4.90 Å². The first-order chi connectivity index (χ1) is 19.1. The third-order valence-electron chi connectivity index (χ3n) is 6.99. The van der Waals surface area contributed by atoms with Crippen molar-refractivity contribution in [2.45, 2.75) is 38.3 Å². The first kappa shape index (κ1) is 26.3. The maximum absolute atomic E-state index is 12.7. The van der Waals surface area contributed by atoms with Crippen molar-refractivity contribution in [3.05, 3.63) is 131 Å². The average molecular weight is 524 g/mol. The number of carbonyl (C=O) groups excluding carboxylic acids is 1. The highest BCUT2D eigenvalue weighted by Gasteiger charge is 2.38. The summed E-state index contributed by atoms with van der Waals surface area (Å²) in [6, 6.07) is 35.1. The normalized spacial score (nSPS) is 14.4. The number of piperidine rings is 1. The molecular formula is C33H33NO5. The largest absolute Gasteiger partial charge is 0.489 e. The van der Waals surface area contributed by atoms with E-state index in [2.05, 4.69) is 0 Å². The summed E-state index contributed by atoms with van der Waals surface area (Å²) in [6.07, 6.45) is 0.379. The molecule has 1 amide bonds. The van der Waals surface area contributed by atoms with Crippen LogP contribution in [0.15, 0.2) is 109 Å². The van der Waals surface area contributed by atoms with Gasteiger partial charge in [-0.1, -0.05) is 91.0 Å². The van der Waals surface area contributed by atoms with E-state index in [9.17, 15) is 9.90 Å². The standard InChI is InChI=1S/C33H33NO5/c35-32(39-25-28-14-8-3-9-15-28)34-20-18-33(36,19-21-34)30-17-16-29(37-23-26-10-4-1-5-11-26)22-31(30)38-24-27-12-6-2-7-13-27/h1-17,22,36H,18-21,23-25H2. The van der Waals surface area contributed by atoms with E-state index in [4.69, 9.17) is 14.2 Å². The fraction of sp³-hybridized carbons (Fsp3) is 0.242. The fourth-order valence-corrected chi connectivity index (χ4v) is 4.71. The van der Waals surface area contributed by atoms with Gasteiger partial charge in [0, 0.05) is 24.7 Å². The molecule has 0 radical (unpaired) electrons. The van der Waals surface area contributed by atoms with Gasteiger partial charge in [0.25, 0.3) is 0 Å². The second-order valence-corrected chi connectivity index (χ2v) is 9.77. The first-order valence-electron chi connectivity index (χ1n) is 13.3. The number of likely N-dealkylation sites (tertiary alicyclic amines) is 1. The summed E-state index contributed by atoms with van der Waals surface area (Å²) in [7, 11) is 0. The molecule has 1 fully saturated rings. The molecule has 0 aromatic heterocycles. The van der Waals surface area contributed by atoms with E-state index in [-0.39, 0.29) is 12.7 Å². The van der Waals surface area contributed by atoms with Crippen molar-refractivity contribution in [1.82, 2.24) is 4.90 Å². The maximum atomic E-state index is 12.7. The number of carbonyl (C=O) groups is 1. The van der Waals surface area contributed by atoms with E-state index in [1.807, 2.05) is 109 Å². The molecule has 4 aromatic rings. The van der Waals surface area contributed by atoms with Gasteiger partial charge >= 0.3 is 6.09 Å². The van der Waals surface area contributed by atoms with Gasteiger partial charge in [0.1, 0.15) is 31.3 Å². The van der Waals surface area contributed by atoms with E-state index in [1.165, 1.54) is 0 Å². The Hall–Kier alpha value is -4.29. The third kappa shape index (κ3) is 6.98. The molecule has 6 nitrogen and oxygen atoms in total. The van der Waals surface area contributed by atoms with Crippen LogP contribution in [0.2, 0.25) is 0 Å². The second-order valence-electron chi connectivity index (χ2n) is 9.77. The van der Waals surface area contributed by atoms with Crippen molar-refractivity contribution in [3.8, 4) is 11.5 Å². The molecule has 200 valence electrons. The lowest BCUT2D eigenvalue weighted by Crippen LogP contribution is -2.45. The Kier molecular flexibility index (Phi) is 8.44. The molecule has 0 atom stereocenters. The fourth-order valence-electron chi connectivity index (χ4n) is 4.71. The summed E-state index contributed by atoms with van der Waals surface area (Å²) in [6.45, 7) is 1.79. The number of nitrogens with zero attached hydrogens (tertiary/aromatic N) is 1. The van der Waals surface area contributed by atoms with Crippen LogP contribution in [-0.2, 0) is 30.2 Å². The monoisotopic (exact) mass is 523 g/mol. The molecule has 5 rings (SSSR count). The van der Waals surface area contributed by atoms with Crippen LogP contribution in [-0.4, -0.2) is 29.2 Å². The van der Waals surface area contributed by atoms with Crippen LogP contribution in [0, 0.1) is 0 Å². The summed E-state index contributed by atoms with van der Waals surface area (Å²) in [5.74, 6) is 1.24. The van der Waals surface area contributed by atoms with Crippen molar-refractivity contribution >= 4 is 6.09 Å². The molecule has 1 heterocycles. The van der Waals surface area contributed by atoms with Gasteiger partial charge in [-0.05, 0) is 41.7 Å². The highest BCUT2D eigenvalue weighted by Crippen LogP contribution is 2.40. The van der Waals surface area contributed by atoms with Crippen LogP contribution in [0.1, 0.15) is 35.1 Å². The Labute approximate surface area is 229 Å². The summed E-state index contributed by atoms with van der Waals surface area (Å²) < 4.78 is 17.8. The van der Waals surface area contributed by atoms with Crippen LogP contribution in [0.4, 0.5) is 4.79 Å². The van der Waals surface area contributed by atoms with Gasteiger partial charge in [-0.15, -0.1) is 0 Å². The van der Waals surface area contributed by atoms with Crippen LogP contribution in [0.3, 0.4) is 0 Å². The van der Waals surface area contributed by atoms with Crippen molar-refractivity contribution in [2.24, 2.45) is 0 Å². The van der Waals surface area contributed by atoms with E-state index < -0.39 is 5.60 Å². The predicted molar refractivity (Wildman–Crippen MR) is 149 cm³/mol. The minimum absolute atomic E-state index is 0.225. The van der Waals surface area contributed by atoms with Gasteiger partial charge in [0.15, 0.2) is 0 Å². The molecule has 0 aliphatic carbocycles. The highest BCUT2D eigenvalue weighted by atomic mass is 16.6. The molecule has 1 saturated heterocycles. The highest BCUT2D eigenvalue weighted by molar-refractivity contribution is 5.67. The molecule has 0 saturated carbocycles. The molecule has 39 heavy (non-hydrogen) atoms. The van der Waals surface area contributed by atoms with E-state index in [0.29, 0.717) is 56.2 Å². The van der Waals surface area contributed by atoms with Crippen molar-refractivity contribution in [1.29, 1.82) is 0 Å². The molecule has 1 aliphatic heterocycles. The zero-order chi connectivity index (χ0) is 26.9. The quantitative estimate of drug-likeness (QED) is 0.273. The molecule has 4 aromatic carbocycles. The smallest absolute Gasteiger partial charge is 0.410 e. The maximum Gasteiger partial charge on any atom is 0.410 e. The number of ether oxygens (including phenoxy) is 3. The van der Waals surface area contributed by atoms with Gasteiger partial charge in [-0.2, -0.15) is 0 Å². The minimum Gasteiger partial charge on any atom is -0.489 e. The summed E-state index contributed by atoms with van der Waals surface area (Å²) in [5.41, 5.74) is 2.60. The minimum atomic E-state index is -1.14. The van der Waals surface area contributed by atoms with Gasteiger partial charge in [-0.25, -0.2) is 4.79 Å². The van der Waals surface area contributed by atoms with E-state index >= 15 is 0 Å². The molecule has 0 unspecified atom stereocenters. The number of aliphatic hydroxyl groups is 1. The van der Waals surface area contributed by atoms with Gasteiger partial charge in [-0.3, -0.25) is 0 Å². The van der Waals surface area contributed by atoms with Gasteiger partial charge < -0.3 is 24.2 Å². The number of hydrogen-bond donors (Lipinski definition) is 1. The zero-order valence-electron chi connectivity index (χ0n) is 21.9. The first-order valence-corrected chi connectivity index (χ1v) is 13.3. The lowest BCUT2D eigenvalue weighted by atomic mass is 9.84. The number of benzene rings is 4. The zero-order valence-corrected chi connectivity index (χ0v) is 21.9. The Balaban J connectivity index is 1.27. The number of rotatable bonds is 9. The molecular weight excluding hydrogens is 490 g/mol. The Morgan fingerprint density at radius 2 is 1.21 bits per heavy atom. The average Bonchev–Trinajstić information content (AvgIpc) is 3.00. The second kappa shape index (κ2) is 12.5. The number of amides is 1. The lowest BCUT2D eigenvalue weighted by molar-refractivity contribution is -0.0274. The van der Waals surface area contributed by atoms with Crippen LogP contribution in [0.25, 0.3) is 0 Å². The number of hydrogen-bond acceptors (Lipinski definition) is 5. The molecule has 0 bridgehead atoms. The van der Waals surface area contributed by atoms with Crippen molar-refractivity contribution in [2.75, 3.05) is 13.1 Å². The summed E-state index contributed by atoms with van der Waals surface area (Å²) >= 11 is 0. The molecule has 0 spiro atoms. The van der Waals surface area contributed by atoms with Gasteiger partial charge in [0.2, 0.25) is 0 Å². The Morgan fingerprint density at radius 1 is 0.692 bits per heavy atom. The predicted octanol–water partition coefficient (Wildman–Crippen LogP) is 6.46. The van der Waals surface area contributed by atoms with Gasteiger partial charge in [0.05, 0.1) is 5.60 Å². The third-order valence-corrected chi connectivity index (χ3v) is 6.99. The van der Waals surface area contributed by atoms with E-state index in [0.717, 1.165) is 16.7 Å². The van der Waals surface area contributed by atoms with Crippen molar-refractivity contribution < 1.29 is 24.1 Å². The summed E-state index contributed by atoms with van der Waals surface area (Å²) in [4.78, 5) is 14.3. The summed E-state index contributed by atoms with van der Waals surface area (Å²) in [5, 5.41) is 11.7. The Morgan fingerprint density at radius 3 is 1.77 bits per heavy atom. The molecule has 1 N–H and O–H groups in total.